The van der Waals surface area contributed by atoms with Gasteiger partial charge in [-0.2, -0.15) is 0 Å². The molecule has 0 aliphatic carbocycles. The third kappa shape index (κ3) is 3.64. The van der Waals surface area contributed by atoms with Gasteiger partial charge in [0.25, 0.3) is 0 Å². The maximum Gasteiger partial charge on any atom is 0.167 e. The number of hydrogen-bond acceptors (Lipinski definition) is 5. The van der Waals surface area contributed by atoms with Crippen molar-refractivity contribution in [2.24, 2.45) is 5.92 Å². The van der Waals surface area contributed by atoms with Gasteiger partial charge in [0, 0.05) is 36.8 Å². The summed E-state index contributed by atoms with van der Waals surface area (Å²) in [6, 6.07) is 8.09. The van der Waals surface area contributed by atoms with Crippen molar-refractivity contribution in [3.05, 3.63) is 54.9 Å². The predicted molar refractivity (Wildman–Crippen MR) is 107 cm³/mol. The quantitative estimate of drug-likeness (QED) is 0.474. The van der Waals surface area contributed by atoms with Crippen molar-refractivity contribution in [2.75, 3.05) is 5.73 Å². The van der Waals surface area contributed by atoms with Crippen molar-refractivity contribution in [2.45, 2.75) is 20.4 Å². The number of hydrogen-bond donors (Lipinski definition) is 1. The molecule has 2 N–H and O–H groups in total. The minimum atomic E-state index is -0.496. The normalized spacial score (nSPS) is 11.4. The van der Waals surface area contributed by atoms with Crippen LogP contribution in [-0.2, 0) is 6.54 Å². The van der Waals surface area contributed by atoms with Gasteiger partial charge in [-0.3, -0.25) is 4.98 Å². The number of rotatable bonds is 5. The minimum Gasteiger partial charge on any atom is -0.453 e. The molecule has 0 saturated carbocycles. The maximum absolute atomic E-state index is 14.1. The van der Waals surface area contributed by atoms with Crippen molar-refractivity contribution in [3.63, 3.8) is 0 Å². The van der Waals surface area contributed by atoms with Gasteiger partial charge in [0.2, 0.25) is 0 Å². The van der Waals surface area contributed by atoms with E-state index in [4.69, 9.17) is 10.5 Å². The Bertz CT molecular complexity index is 1100. The van der Waals surface area contributed by atoms with E-state index in [0.717, 1.165) is 27.3 Å². The number of benzene rings is 1. The number of pyridine rings is 1. The number of ether oxygens (including phenoxy) is 1. The van der Waals surface area contributed by atoms with Crippen molar-refractivity contribution < 1.29 is 9.13 Å². The first-order valence-electron chi connectivity index (χ1n) is 8.63. The number of anilines is 1. The lowest BCUT2D eigenvalue weighted by atomic mass is 10.2. The van der Waals surface area contributed by atoms with Crippen LogP contribution in [0.1, 0.15) is 13.8 Å². The van der Waals surface area contributed by atoms with Crippen LogP contribution in [0.4, 0.5) is 10.1 Å². The van der Waals surface area contributed by atoms with E-state index < -0.39 is 5.82 Å². The van der Waals surface area contributed by atoms with Crippen LogP contribution in [0.15, 0.2) is 49.1 Å². The molecule has 5 nitrogen and oxygen atoms in total. The molecular weight excluding hydrogens is 363 g/mol. The van der Waals surface area contributed by atoms with Crippen molar-refractivity contribution >= 4 is 27.2 Å². The number of thiophene rings is 1. The van der Waals surface area contributed by atoms with E-state index in [1.165, 1.54) is 23.5 Å². The van der Waals surface area contributed by atoms with Crippen LogP contribution in [0.5, 0.6) is 11.5 Å². The first-order chi connectivity index (χ1) is 13.0. The largest absolute Gasteiger partial charge is 0.453 e. The second kappa shape index (κ2) is 7.00. The Kier molecular flexibility index (Phi) is 4.53. The third-order valence-corrected chi connectivity index (χ3v) is 5.17. The van der Waals surface area contributed by atoms with Crippen LogP contribution in [-0.4, -0.2) is 14.5 Å². The number of aromatic nitrogens is 3. The predicted octanol–water partition coefficient (Wildman–Crippen LogP) is 5.33. The highest BCUT2D eigenvalue weighted by atomic mass is 32.1. The molecule has 0 saturated heterocycles. The molecule has 0 bridgehead atoms. The van der Waals surface area contributed by atoms with Gasteiger partial charge in [-0.15, -0.1) is 11.3 Å². The van der Waals surface area contributed by atoms with Gasteiger partial charge < -0.3 is 15.0 Å². The Morgan fingerprint density at radius 2 is 2.04 bits per heavy atom. The number of nitrogens with two attached hydrogens (primary N) is 1. The summed E-state index contributed by atoms with van der Waals surface area (Å²) in [5.41, 5.74) is 7.64. The van der Waals surface area contributed by atoms with E-state index in [1.54, 1.807) is 18.3 Å². The summed E-state index contributed by atoms with van der Waals surface area (Å²) < 4.78 is 22.8. The summed E-state index contributed by atoms with van der Waals surface area (Å²) in [5, 5.41) is 0. The van der Waals surface area contributed by atoms with Crippen LogP contribution >= 0.6 is 11.3 Å². The summed E-state index contributed by atoms with van der Waals surface area (Å²) in [6.07, 6.45) is 5.53. The standard InChI is InChI=1S/C20H19FN4OS/c1-12(2)9-25-10-16(24-11-25)19-8-15-20(27-19)18(5-6-23-15)26-17-4-3-13(22)7-14(17)21/h3-8,10-12H,9,22H2,1-2H3. The molecular formula is C20H19FN4OS. The van der Waals surface area contributed by atoms with Crippen LogP contribution in [0.3, 0.4) is 0 Å². The second-order valence-corrected chi connectivity index (χ2v) is 7.83. The monoisotopic (exact) mass is 382 g/mol. The van der Waals surface area contributed by atoms with E-state index in [-0.39, 0.29) is 5.75 Å². The van der Waals surface area contributed by atoms with Crippen LogP contribution in [0.2, 0.25) is 0 Å². The summed E-state index contributed by atoms with van der Waals surface area (Å²) in [7, 11) is 0. The SMILES string of the molecule is CC(C)Cn1cnc(-c2cc3nccc(Oc4ccc(N)cc4F)c3s2)c1. The first kappa shape index (κ1) is 17.5. The smallest absolute Gasteiger partial charge is 0.167 e. The molecule has 0 aliphatic rings. The molecule has 0 unspecified atom stereocenters. The molecule has 0 radical (unpaired) electrons. The molecule has 7 heteroatoms. The number of nitrogens with zero attached hydrogens (tertiary/aromatic N) is 3. The minimum absolute atomic E-state index is 0.132. The Balaban J connectivity index is 1.68. The molecule has 4 rings (SSSR count). The summed E-state index contributed by atoms with van der Waals surface area (Å²) >= 11 is 1.53. The maximum atomic E-state index is 14.1. The van der Waals surface area contributed by atoms with Gasteiger partial charge in [0.15, 0.2) is 11.6 Å². The Morgan fingerprint density at radius 3 is 2.81 bits per heavy atom. The first-order valence-corrected chi connectivity index (χ1v) is 9.45. The van der Waals surface area contributed by atoms with E-state index in [2.05, 4.69) is 28.4 Å². The van der Waals surface area contributed by atoms with Crippen LogP contribution in [0.25, 0.3) is 20.8 Å². The molecule has 0 atom stereocenters. The zero-order valence-corrected chi connectivity index (χ0v) is 15.8. The van der Waals surface area contributed by atoms with Gasteiger partial charge >= 0.3 is 0 Å². The lowest BCUT2D eigenvalue weighted by Crippen LogP contribution is -2.00. The molecule has 0 fully saturated rings. The molecule has 0 spiro atoms. The van der Waals surface area contributed by atoms with E-state index >= 15 is 0 Å². The fourth-order valence-electron chi connectivity index (χ4n) is 2.85. The summed E-state index contributed by atoms with van der Waals surface area (Å²) in [4.78, 5) is 9.90. The topological polar surface area (TPSA) is 66.0 Å². The van der Waals surface area contributed by atoms with Gasteiger partial charge in [-0.05, 0) is 24.1 Å². The third-order valence-electron chi connectivity index (χ3n) is 4.01. The lowest BCUT2D eigenvalue weighted by molar-refractivity contribution is 0.447. The highest BCUT2D eigenvalue weighted by Gasteiger charge is 2.14. The lowest BCUT2D eigenvalue weighted by Gasteiger charge is -2.07. The zero-order valence-electron chi connectivity index (χ0n) is 15.0. The van der Waals surface area contributed by atoms with E-state index in [9.17, 15) is 4.39 Å². The van der Waals surface area contributed by atoms with Crippen molar-refractivity contribution in [1.29, 1.82) is 0 Å². The Hall–Kier alpha value is -2.93. The molecule has 138 valence electrons. The Morgan fingerprint density at radius 1 is 1.19 bits per heavy atom. The average Bonchev–Trinajstić information content (AvgIpc) is 3.23. The number of nitrogen functional groups attached to an aromatic ring is 1. The number of imidazole rings is 1. The molecule has 1 aromatic carbocycles. The van der Waals surface area contributed by atoms with Crippen molar-refractivity contribution in [1.82, 2.24) is 14.5 Å². The summed E-state index contributed by atoms with van der Waals surface area (Å²) in [6.45, 7) is 5.26. The average molecular weight is 382 g/mol. The van der Waals surface area contributed by atoms with Gasteiger partial charge in [-0.1, -0.05) is 13.8 Å². The van der Waals surface area contributed by atoms with Crippen molar-refractivity contribution in [3.8, 4) is 22.1 Å². The van der Waals surface area contributed by atoms with Gasteiger partial charge in [0.05, 0.1) is 27.1 Å². The zero-order chi connectivity index (χ0) is 19.0. The number of halogens is 1. The molecule has 3 heterocycles. The fraction of sp³-hybridized carbons (Fsp3) is 0.200. The van der Waals surface area contributed by atoms with E-state index in [0.29, 0.717) is 17.4 Å². The number of fused-ring (bicyclic) bond motifs is 1. The Labute approximate surface area is 160 Å². The van der Waals surface area contributed by atoms with E-state index in [1.807, 2.05) is 18.6 Å². The van der Waals surface area contributed by atoms with Crippen LogP contribution in [0, 0.1) is 11.7 Å². The molecule has 27 heavy (non-hydrogen) atoms. The molecule has 4 aromatic rings. The van der Waals surface area contributed by atoms with Gasteiger partial charge in [-0.25, -0.2) is 9.37 Å². The summed E-state index contributed by atoms with van der Waals surface area (Å²) in [5.74, 6) is 0.740. The molecule has 0 aliphatic heterocycles. The molecule has 3 aromatic heterocycles. The fourth-order valence-corrected chi connectivity index (χ4v) is 3.88. The second-order valence-electron chi connectivity index (χ2n) is 6.78. The molecule has 0 amide bonds. The highest BCUT2D eigenvalue weighted by molar-refractivity contribution is 7.22. The van der Waals surface area contributed by atoms with Gasteiger partial charge in [0.1, 0.15) is 5.75 Å². The van der Waals surface area contributed by atoms with Crippen LogP contribution < -0.4 is 10.5 Å². The highest BCUT2D eigenvalue weighted by Crippen LogP contribution is 2.39.